The molecule has 0 bridgehead atoms. The van der Waals surface area contributed by atoms with Crippen molar-refractivity contribution in [3.05, 3.63) is 80.6 Å². The van der Waals surface area contributed by atoms with Gasteiger partial charge in [0.15, 0.2) is 21.5 Å². The quantitative estimate of drug-likeness (QED) is 0.644. The maximum atomic E-state index is 14.7. The van der Waals surface area contributed by atoms with Gasteiger partial charge >= 0.3 is 5.97 Å². The van der Waals surface area contributed by atoms with Gasteiger partial charge in [0.1, 0.15) is 5.82 Å². The van der Waals surface area contributed by atoms with E-state index in [1.165, 1.54) is 35.0 Å². The lowest BCUT2D eigenvalue weighted by Gasteiger charge is -2.32. The minimum absolute atomic E-state index is 0.0386. The van der Waals surface area contributed by atoms with Crippen molar-refractivity contribution < 1.29 is 27.1 Å². The van der Waals surface area contributed by atoms with Crippen molar-refractivity contribution in [2.24, 2.45) is 7.05 Å². The lowest BCUT2D eigenvalue weighted by Crippen LogP contribution is -2.39. The van der Waals surface area contributed by atoms with Crippen LogP contribution in [0.25, 0.3) is 11.3 Å². The highest BCUT2D eigenvalue weighted by atomic mass is 32.2. The highest BCUT2D eigenvalue weighted by Crippen LogP contribution is 2.47. The van der Waals surface area contributed by atoms with Gasteiger partial charge in [-0.3, -0.25) is 4.79 Å². The molecule has 182 valence electrons. The predicted molar refractivity (Wildman–Crippen MR) is 124 cm³/mol. The topological polar surface area (TPSA) is 122 Å². The number of hydrogen-bond donors (Lipinski definition) is 2. The van der Waals surface area contributed by atoms with Gasteiger partial charge in [-0.25, -0.2) is 27.0 Å². The molecule has 0 saturated heterocycles. The molecule has 0 saturated carbocycles. The molecule has 0 amide bonds. The summed E-state index contributed by atoms with van der Waals surface area (Å²) in [5.74, 6) is -4.03. The molecule has 12 heteroatoms. The molecule has 2 aliphatic heterocycles. The number of hydrogen-bond acceptors (Lipinski definition) is 7. The van der Waals surface area contributed by atoms with Gasteiger partial charge in [0, 0.05) is 49.5 Å². The van der Waals surface area contributed by atoms with E-state index in [1.807, 2.05) is 0 Å². The lowest BCUT2D eigenvalue weighted by molar-refractivity contribution is -0.132. The fourth-order valence-electron chi connectivity index (χ4n) is 4.94. The number of aliphatic carboxylic acids is 1. The average Bonchev–Trinajstić information content (AvgIpc) is 3.08. The normalized spacial score (nSPS) is 19.1. The van der Waals surface area contributed by atoms with E-state index in [0.29, 0.717) is 30.3 Å². The van der Waals surface area contributed by atoms with E-state index in [-0.39, 0.29) is 33.7 Å². The van der Waals surface area contributed by atoms with Crippen LogP contribution in [0.3, 0.4) is 0 Å². The maximum absolute atomic E-state index is 14.7. The van der Waals surface area contributed by atoms with E-state index >= 15 is 0 Å². The van der Waals surface area contributed by atoms with Crippen molar-refractivity contribution in [2.75, 3.05) is 23.5 Å². The monoisotopic (exact) mass is 502 g/mol. The Balaban J connectivity index is 1.90. The van der Waals surface area contributed by atoms with Crippen LogP contribution in [0.2, 0.25) is 0 Å². The highest BCUT2D eigenvalue weighted by molar-refractivity contribution is 7.91. The van der Waals surface area contributed by atoms with Crippen LogP contribution in [-0.2, 0) is 21.7 Å². The van der Waals surface area contributed by atoms with Crippen LogP contribution in [0.4, 0.5) is 14.6 Å². The number of sulfone groups is 1. The van der Waals surface area contributed by atoms with E-state index < -0.39 is 44.8 Å². The van der Waals surface area contributed by atoms with E-state index in [0.717, 1.165) is 12.5 Å². The van der Waals surface area contributed by atoms with E-state index in [2.05, 4.69) is 10.3 Å². The minimum Gasteiger partial charge on any atom is -0.478 e. The van der Waals surface area contributed by atoms with Crippen LogP contribution in [0.5, 0.6) is 0 Å². The third kappa shape index (κ3) is 3.64. The van der Waals surface area contributed by atoms with Crippen LogP contribution in [0.15, 0.2) is 52.2 Å². The van der Waals surface area contributed by atoms with Crippen molar-refractivity contribution in [1.82, 2.24) is 14.9 Å². The fourth-order valence-corrected chi connectivity index (χ4v) is 5.76. The number of aryl methyl sites for hydroxylation is 1. The molecule has 2 aromatic heterocycles. The third-order valence-electron chi connectivity index (χ3n) is 6.28. The Morgan fingerprint density at radius 2 is 2.09 bits per heavy atom. The molecule has 0 aromatic carbocycles. The van der Waals surface area contributed by atoms with Gasteiger partial charge in [-0.05, 0) is 23.6 Å². The van der Waals surface area contributed by atoms with Gasteiger partial charge in [-0.15, -0.1) is 0 Å². The SMILES string of the molecule is Cn1ccc2c(c1=O)C1=C3C(=CN(c4ncc(F)cc4F)C3CCN1)C(C(=O)O)=C2CS(C)(=O)=O. The van der Waals surface area contributed by atoms with Crippen LogP contribution in [0.1, 0.15) is 17.5 Å². The summed E-state index contributed by atoms with van der Waals surface area (Å²) in [6.45, 7) is 0.366. The molecule has 2 N–H and O–H groups in total. The summed E-state index contributed by atoms with van der Waals surface area (Å²) in [6.07, 6.45) is 5.07. The number of carboxylic acid groups (broad SMARTS) is 1. The second-order valence-electron chi connectivity index (χ2n) is 8.68. The molecule has 1 aliphatic carbocycles. The summed E-state index contributed by atoms with van der Waals surface area (Å²) < 4.78 is 54.3. The second kappa shape index (κ2) is 7.87. The zero-order chi connectivity index (χ0) is 25.2. The molecule has 0 fully saturated rings. The van der Waals surface area contributed by atoms with Crippen LogP contribution in [-0.4, -0.2) is 53.6 Å². The lowest BCUT2D eigenvalue weighted by atomic mass is 9.89. The Bertz CT molecular complexity index is 1570. The van der Waals surface area contributed by atoms with Crippen molar-refractivity contribution in [1.29, 1.82) is 0 Å². The van der Waals surface area contributed by atoms with Gasteiger partial charge in [-0.2, -0.15) is 0 Å². The van der Waals surface area contributed by atoms with Crippen molar-refractivity contribution in [2.45, 2.75) is 12.5 Å². The molecule has 3 aliphatic rings. The minimum atomic E-state index is -3.72. The molecule has 9 nitrogen and oxygen atoms in total. The van der Waals surface area contributed by atoms with Gasteiger partial charge < -0.3 is 19.9 Å². The molecule has 0 spiro atoms. The van der Waals surface area contributed by atoms with Crippen molar-refractivity contribution in [3.63, 3.8) is 0 Å². The fraction of sp³-hybridized carbons (Fsp3) is 0.261. The number of fused-ring (bicyclic) bond motifs is 2. The number of nitrogens with zero attached hydrogens (tertiary/aromatic N) is 3. The van der Waals surface area contributed by atoms with Gasteiger partial charge in [0.25, 0.3) is 5.56 Å². The summed E-state index contributed by atoms with van der Waals surface area (Å²) >= 11 is 0. The van der Waals surface area contributed by atoms with Crippen molar-refractivity contribution in [3.8, 4) is 0 Å². The van der Waals surface area contributed by atoms with Crippen LogP contribution >= 0.6 is 0 Å². The summed E-state index contributed by atoms with van der Waals surface area (Å²) in [5.41, 5.74) is 0.497. The third-order valence-corrected chi connectivity index (χ3v) is 7.10. The molecule has 5 rings (SSSR count). The second-order valence-corrected chi connectivity index (χ2v) is 10.8. The Labute approximate surface area is 198 Å². The van der Waals surface area contributed by atoms with Gasteiger partial charge in [0.2, 0.25) is 0 Å². The molecule has 2 aromatic rings. The summed E-state index contributed by atoms with van der Waals surface area (Å²) in [6, 6.07) is 1.59. The van der Waals surface area contributed by atoms with E-state index in [1.54, 1.807) is 0 Å². The maximum Gasteiger partial charge on any atom is 0.336 e. The summed E-state index contributed by atoms with van der Waals surface area (Å²) in [7, 11) is -2.19. The summed E-state index contributed by atoms with van der Waals surface area (Å²) in [5, 5.41) is 13.4. The first-order valence-electron chi connectivity index (χ1n) is 10.6. The van der Waals surface area contributed by atoms with Crippen LogP contribution in [0, 0.1) is 11.6 Å². The number of pyridine rings is 2. The summed E-state index contributed by atoms with van der Waals surface area (Å²) in [4.78, 5) is 31.2. The molecule has 1 atom stereocenters. The Morgan fingerprint density at radius 1 is 1.34 bits per heavy atom. The van der Waals surface area contributed by atoms with E-state index in [9.17, 15) is 31.9 Å². The number of rotatable bonds is 4. The predicted octanol–water partition coefficient (Wildman–Crippen LogP) is 1.43. The first-order chi connectivity index (χ1) is 16.5. The largest absolute Gasteiger partial charge is 0.478 e. The zero-order valence-electron chi connectivity index (χ0n) is 18.7. The van der Waals surface area contributed by atoms with Crippen LogP contribution < -0.4 is 15.8 Å². The Kier molecular flexibility index (Phi) is 5.16. The molecular formula is C23H20F2N4O5S. The first-order valence-corrected chi connectivity index (χ1v) is 12.7. The number of nitrogens with one attached hydrogen (secondary N) is 1. The van der Waals surface area contributed by atoms with Gasteiger partial charge in [0.05, 0.1) is 34.8 Å². The molecule has 35 heavy (non-hydrogen) atoms. The smallest absolute Gasteiger partial charge is 0.336 e. The number of anilines is 1. The van der Waals surface area contributed by atoms with Gasteiger partial charge in [-0.1, -0.05) is 0 Å². The van der Waals surface area contributed by atoms with Crippen molar-refractivity contribution >= 4 is 32.9 Å². The molecular weight excluding hydrogens is 482 g/mol. The zero-order valence-corrected chi connectivity index (χ0v) is 19.5. The number of aromatic nitrogens is 2. The number of halogens is 2. The Hall–Kier alpha value is -3.80. The highest BCUT2D eigenvalue weighted by Gasteiger charge is 2.44. The molecule has 1 unspecified atom stereocenters. The molecule has 0 radical (unpaired) electrons. The molecule has 4 heterocycles. The Morgan fingerprint density at radius 3 is 2.74 bits per heavy atom. The first kappa shape index (κ1) is 23.0. The average molecular weight is 502 g/mol. The number of carbonyl (C=O) groups is 1. The van der Waals surface area contributed by atoms with E-state index in [4.69, 9.17) is 0 Å². The standard InChI is InChI=1S/C23H20F2N4O5S/c1-28-6-4-12-14(10-35(2,33)34)17(23(31)32)13-9-29(21-15(25)7-11(24)8-27-21)16-3-5-26-20(18(13)16)19(12)22(28)30/h4,6-9,16,26H,3,5,10H2,1-2H3,(H,31,32). The number of carboxylic acids is 1.